The Morgan fingerprint density at radius 2 is 2.19 bits per heavy atom. The summed E-state index contributed by atoms with van der Waals surface area (Å²) in [6.45, 7) is 9.38. The molecule has 3 aliphatic rings. The lowest BCUT2D eigenvalue weighted by atomic mass is 9.78. The van der Waals surface area contributed by atoms with Crippen molar-refractivity contribution in [1.82, 2.24) is 14.8 Å². The van der Waals surface area contributed by atoms with Crippen molar-refractivity contribution >= 4 is 0 Å². The van der Waals surface area contributed by atoms with Gasteiger partial charge in [-0.05, 0) is 36.9 Å². The molecule has 3 aliphatic heterocycles. The van der Waals surface area contributed by atoms with Gasteiger partial charge >= 0.3 is 0 Å². The molecule has 0 radical (unpaired) electrons. The van der Waals surface area contributed by atoms with E-state index >= 15 is 0 Å². The van der Waals surface area contributed by atoms with Crippen LogP contribution in [0.3, 0.4) is 0 Å². The Morgan fingerprint density at radius 3 is 2.95 bits per heavy atom. The molecule has 21 heavy (non-hydrogen) atoms. The van der Waals surface area contributed by atoms with E-state index in [0.717, 1.165) is 25.7 Å². The van der Waals surface area contributed by atoms with Gasteiger partial charge in [0.05, 0.1) is 6.61 Å². The second-order valence-corrected chi connectivity index (χ2v) is 7.22. The number of likely N-dealkylation sites (tertiary alicyclic amines) is 2. The molecule has 3 saturated heterocycles. The molecular weight excluding hydrogens is 262 g/mol. The van der Waals surface area contributed by atoms with Gasteiger partial charge in [0, 0.05) is 57.1 Å². The van der Waals surface area contributed by atoms with Crippen molar-refractivity contribution in [2.75, 3.05) is 45.9 Å². The molecule has 1 unspecified atom stereocenters. The zero-order valence-electron chi connectivity index (χ0n) is 12.7. The molecule has 0 aliphatic carbocycles. The summed E-state index contributed by atoms with van der Waals surface area (Å²) in [5.74, 6) is 0.787. The summed E-state index contributed by atoms with van der Waals surface area (Å²) in [4.78, 5) is 9.47. The van der Waals surface area contributed by atoms with Gasteiger partial charge in [0.1, 0.15) is 0 Å². The molecule has 0 aromatic carbocycles. The van der Waals surface area contributed by atoms with E-state index in [0.29, 0.717) is 5.41 Å². The summed E-state index contributed by atoms with van der Waals surface area (Å²) < 4.78 is 5.49. The maximum Gasteiger partial charge on any atom is 0.0507 e. The third kappa shape index (κ3) is 2.98. The average molecular weight is 287 g/mol. The Bertz CT molecular complexity index is 466. The summed E-state index contributed by atoms with van der Waals surface area (Å²) in [6, 6.07) is 4.22. The van der Waals surface area contributed by atoms with Gasteiger partial charge in [-0.2, -0.15) is 0 Å². The quantitative estimate of drug-likeness (QED) is 0.841. The van der Waals surface area contributed by atoms with Crippen molar-refractivity contribution in [2.45, 2.75) is 19.4 Å². The molecule has 4 nitrogen and oxygen atoms in total. The third-order valence-electron chi connectivity index (χ3n) is 5.30. The second-order valence-electron chi connectivity index (χ2n) is 7.22. The van der Waals surface area contributed by atoms with Gasteiger partial charge in [-0.15, -0.1) is 0 Å². The van der Waals surface area contributed by atoms with Crippen LogP contribution in [0.2, 0.25) is 0 Å². The normalized spacial score (nSPS) is 29.0. The number of ether oxygens (including phenoxy) is 1. The Labute approximate surface area is 127 Å². The van der Waals surface area contributed by atoms with E-state index in [1.165, 1.54) is 51.1 Å². The van der Waals surface area contributed by atoms with E-state index in [1.54, 1.807) is 0 Å². The first-order valence-electron chi connectivity index (χ1n) is 8.23. The summed E-state index contributed by atoms with van der Waals surface area (Å²) in [7, 11) is 0. The number of rotatable bonds is 4. The second kappa shape index (κ2) is 5.67. The van der Waals surface area contributed by atoms with E-state index in [2.05, 4.69) is 20.9 Å². The zero-order valence-corrected chi connectivity index (χ0v) is 12.7. The lowest BCUT2D eigenvalue weighted by Crippen LogP contribution is -2.58. The van der Waals surface area contributed by atoms with Gasteiger partial charge in [0.2, 0.25) is 0 Å². The molecule has 0 bridgehead atoms. The first-order valence-corrected chi connectivity index (χ1v) is 8.23. The highest BCUT2D eigenvalue weighted by atomic mass is 16.5. The predicted molar refractivity (Wildman–Crippen MR) is 81.9 cm³/mol. The SMILES string of the molecule is c1cncc(CN2CCC3(C2)CN(CC2CCOC2)C3)c1. The van der Waals surface area contributed by atoms with Crippen LogP contribution in [0.4, 0.5) is 0 Å². The van der Waals surface area contributed by atoms with Crippen LogP contribution in [0.25, 0.3) is 0 Å². The number of pyridine rings is 1. The van der Waals surface area contributed by atoms with E-state index in [-0.39, 0.29) is 0 Å². The average Bonchev–Trinajstić information content (AvgIpc) is 3.10. The number of hydrogen-bond acceptors (Lipinski definition) is 4. The minimum absolute atomic E-state index is 0.585. The highest BCUT2D eigenvalue weighted by Gasteiger charge is 2.47. The standard InChI is InChI=1S/C17H25N3O/c1-2-15(8-18-5-1)9-19-6-4-17(12-19)13-20(14-17)10-16-3-7-21-11-16/h1-2,5,8,16H,3-4,6-7,9-14H2. The van der Waals surface area contributed by atoms with Crippen LogP contribution in [0.1, 0.15) is 18.4 Å². The van der Waals surface area contributed by atoms with E-state index < -0.39 is 0 Å². The van der Waals surface area contributed by atoms with Crippen LogP contribution < -0.4 is 0 Å². The summed E-state index contributed by atoms with van der Waals surface area (Å²) in [6.07, 6.45) is 6.48. The Hall–Kier alpha value is -0.970. The molecular formula is C17H25N3O. The number of hydrogen-bond donors (Lipinski definition) is 0. The minimum atomic E-state index is 0.585. The molecule has 1 aromatic heterocycles. The molecule has 0 amide bonds. The van der Waals surface area contributed by atoms with Crippen LogP contribution >= 0.6 is 0 Å². The lowest BCUT2D eigenvalue weighted by molar-refractivity contribution is -0.00389. The van der Waals surface area contributed by atoms with Crippen LogP contribution in [0, 0.1) is 11.3 Å². The van der Waals surface area contributed by atoms with Crippen LogP contribution in [-0.4, -0.2) is 60.7 Å². The zero-order chi connectivity index (χ0) is 14.1. The van der Waals surface area contributed by atoms with Crippen molar-refractivity contribution in [3.05, 3.63) is 30.1 Å². The monoisotopic (exact) mass is 287 g/mol. The first kappa shape index (κ1) is 13.7. The molecule has 1 atom stereocenters. The highest BCUT2D eigenvalue weighted by molar-refractivity contribution is 5.10. The van der Waals surface area contributed by atoms with Gasteiger partial charge in [0.25, 0.3) is 0 Å². The fourth-order valence-electron chi connectivity index (χ4n) is 4.29. The van der Waals surface area contributed by atoms with Crippen molar-refractivity contribution in [1.29, 1.82) is 0 Å². The Balaban J connectivity index is 1.25. The summed E-state index contributed by atoms with van der Waals surface area (Å²) in [5.41, 5.74) is 1.93. The molecule has 4 heterocycles. The van der Waals surface area contributed by atoms with E-state index in [1.807, 2.05) is 18.5 Å². The molecule has 0 saturated carbocycles. The van der Waals surface area contributed by atoms with E-state index in [4.69, 9.17) is 4.74 Å². The molecule has 1 spiro atoms. The molecule has 4 rings (SSSR count). The largest absolute Gasteiger partial charge is 0.381 e. The molecule has 114 valence electrons. The summed E-state index contributed by atoms with van der Waals surface area (Å²) in [5, 5.41) is 0. The van der Waals surface area contributed by atoms with Crippen LogP contribution in [0.5, 0.6) is 0 Å². The van der Waals surface area contributed by atoms with Crippen LogP contribution in [-0.2, 0) is 11.3 Å². The minimum Gasteiger partial charge on any atom is -0.381 e. The Morgan fingerprint density at radius 1 is 1.29 bits per heavy atom. The van der Waals surface area contributed by atoms with Crippen molar-refractivity contribution in [3.63, 3.8) is 0 Å². The van der Waals surface area contributed by atoms with E-state index in [9.17, 15) is 0 Å². The van der Waals surface area contributed by atoms with Gasteiger partial charge in [-0.3, -0.25) is 9.88 Å². The lowest BCUT2D eigenvalue weighted by Gasteiger charge is -2.49. The van der Waals surface area contributed by atoms with Gasteiger partial charge in [0.15, 0.2) is 0 Å². The molecule has 4 heteroatoms. The fraction of sp³-hybridized carbons (Fsp3) is 0.706. The number of aromatic nitrogens is 1. The number of nitrogens with zero attached hydrogens (tertiary/aromatic N) is 3. The maximum absolute atomic E-state index is 5.49. The first-order chi connectivity index (χ1) is 10.3. The molecule has 0 N–H and O–H groups in total. The summed E-state index contributed by atoms with van der Waals surface area (Å²) >= 11 is 0. The van der Waals surface area contributed by atoms with Crippen molar-refractivity contribution in [3.8, 4) is 0 Å². The van der Waals surface area contributed by atoms with Crippen molar-refractivity contribution in [2.24, 2.45) is 11.3 Å². The predicted octanol–water partition coefficient (Wildman–Crippen LogP) is 1.63. The smallest absolute Gasteiger partial charge is 0.0507 e. The Kier molecular flexibility index (Phi) is 3.69. The van der Waals surface area contributed by atoms with Crippen molar-refractivity contribution < 1.29 is 4.74 Å². The third-order valence-corrected chi connectivity index (χ3v) is 5.30. The van der Waals surface area contributed by atoms with Gasteiger partial charge in [-0.1, -0.05) is 6.07 Å². The fourth-order valence-corrected chi connectivity index (χ4v) is 4.29. The van der Waals surface area contributed by atoms with Crippen LogP contribution in [0.15, 0.2) is 24.5 Å². The highest BCUT2D eigenvalue weighted by Crippen LogP contribution is 2.40. The molecule has 1 aromatic rings. The molecule has 3 fully saturated rings. The van der Waals surface area contributed by atoms with Gasteiger partial charge in [-0.25, -0.2) is 0 Å². The van der Waals surface area contributed by atoms with Gasteiger partial charge < -0.3 is 9.64 Å². The topological polar surface area (TPSA) is 28.6 Å². The maximum atomic E-state index is 5.49.